The molecule has 4 heterocycles. The molecule has 3 aliphatic rings. The molecule has 1 aromatic heterocycles. The zero-order valence-electron chi connectivity index (χ0n) is 39.5. The predicted molar refractivity (Wildman–Crippen MR) is 226 cm³/mol. The second-order valence-electron chi connectivity index (χ2n) is 19.1. The predicted octanol–water partition coefficient (Wildman–Crippen LogP) is 3.36. The van der Waals surface area contributed by atoms with Gasteiger partial charge < -0.3 is 63.0 Å². The molecule has 0 spiro atoms. The van der Waals surface area contributed by atoms with Crippen LogP contribution in [0.4, 0.5) is 4.79 Å². The van der Waals surface area contributed by atoms with Crippen molar-refractivity contribution < 1.29 is 67.6 Å². The van der Waals surface area contributed by atoms with Crippen molar-refractivity contribution in [1.29, 1.82) is 0 Å². The maximum absolute atomic E-state index is 14.5. The van der Waals surface area contributed by atoms with Gasteiger partial charge in [0, 0.05) is 51.4 Å². The SMILES string of the molecule is CC[C@H]1OC(=O)[C@H](C)[C@@H](O[C@H]2C[C@@](C)(OC)[C@@H](OC(=O)n3ccnc3)[C@H](C)O2)[C@H](C)[C@@H](O[C@@H]2O[C@H](C)CC(N(C)C)[C@H]2OC(C)=O)[C@](C)(O)C[C@@H](C)CN(C)[C@H](C)[C@@H](O)[C@]1(C)O. The largest absolute Gasteiger partial charge is 0.459 e. The number of rotatable bonds is 9. The fourth-order valence-electron chi connectivity index (χ4n) is 9.78. The van der Waals surface area contributed by atoms with E-state index in [1.807, 2.05) is 44.8 Å². The van der Waals surface area contributed by atoms with Gasteiger partial charge in [0.1, 0.15) is 29.7 Å². The Morgan fingerprint density at radius 2 is 1.65 bits per heavy atom. The number of likely N-dealkylation sites (N-methyl/N-ethyl adjacent to an activating group) is 2. The molecule has 4 rings (SSSR count). The molecule has 0 amide bonds. The molecule has 18 heteroatoms. The zero-order valence-corrected chi connectivity index (χ0v) is 39.5. The number of aliphatic hydroxyl groups is 3. The van der Waals surface area contributed by atoms with Crippen LogP contribution in [0.5, 0.6) is 0 Å². The van der Waals surface area contributed by atoms with Crippen LogP contribution < -0.4 is 0 Å². The molecule has 18 atom stereocenters. The van der Waals surface area contributed by atoms with E-state index in [0.29, 0.717) is 13.0 Å². The van der Waals surface area contributed by atoms with E-state index in [4.69, 9.17) is 37.9 Å². The van der Waals surface area contributed by atoms with E-state index in [2.05, 4.69) is 4.98 Å². The van der Waals surface area contributed by atoms with E-state index in [-0.39, 0.29) is 37.3 Å². The van der Waals surface area contributed by atoms with Gasteiger partial charge in [0.15, 0.2) is 24.8 Å². The van der Waals surface area contributed by atoms with Gasteiger partial charge in [0.25, 0.3) is 0 Å². The van der Waals surface area contributed by atoms with Gasteiger partial charge in [-0.2, -0.15) is 0 Å². The second-order valence-corrected chi connectivity index (χ2v) is 19.1. The van der Waals surface area contributed by atoms with Gasteiger partial charge in [0.2, 0.25) is 0 Å². The third-order valence-electron chi connectivity index (χ3n) is 13.4. The second kappa shape index (κ2) is 21.0. The molecule has 356 valence electrons. The van der Waals surface area contributed by atoms with Crippen molar-refractivity contribution in [1.82, 2.24) is 19.4 Å². The summed E-state index contributed by atoms with van der Waals surface area (Å²) < 4.78 is 51.8. The van der Waals surface area contributed by atoms with Crippen molar-refractivity contribution >= 4 is 18.0 Å². The number of carbonyl (C=O) groups excluding carboxylic acids is 3. The summed E-state index contributed by atoms with van der Waals surface area (Å²) in [5.41, 5.74) is -4.63. The summed E-state index contributed by atoms with van der Waals surface area (Å²) in [5, 5.41) is 36.3. The lowest BCUT2D eigenvalue weighted by molar-refractivity contribution is -0.318. The van der Waals surface area contributed by atoms with Gasteiger partial charge in [0.05, 0.1) is 42.0 Å². The maximum atomic E-state index is 14.5. The van der Waals surface area contributed by atoms with E-state index in [1.165, 1.54) is 44.2 Å². The van der Waals surface area contributed by atoms with Gasteiger partial charge >= 0.3 is 18.0 Å². The molecule has 1 aromatic rings. The van der Waals surface area contributed by atoms with E-state index in [9.17, 15) is 29.7 Å². The maximum Gasteiger partial charge on any atom is 0.419 e. The number of methoxy groups -OCH3 is 1. The van der Waals surface area contributed by atoms with Gasteiger partial charge in [-0.1, -0.05) is 20.8 Å². The minimum Gasteiger partial charge on any atom is -0.459 e. The Morgan fingerprint density at radius 3 is 2.21 bits per heavy atom. The molecule has 18 nitrogen and oxygen atoms in total. The van der Waals surface area contributed by atoms with Crippen LogP contribution in [0, 0.1) is 17.8 Å². The topological polar surface area (TPSA) is 210 Å². The molecule has 0 aliphatic carbocycles. The molecule has 0 radical (unpaired) electrons. The summed E-state index contributed by atoms with van der Waals surface area (Å²) in [6, 6.07) is -0.877. The van der Waals surface area contributed by atoms with Crippen LogP contribution in [0.1, 0.15) is 102 Å². The number of aromatic nitrogens is 2. The third-order valence-corrected chi connectivity index (χ3v) is 13.4. The Labute approximate surface area is 367 Å². The third kappa shape index (κ3) is 11.9. The lowest BCUT2D eigenvalue weighted by atomic mass is 9.77. The normalized spacial score (nSPS) is 43.3. The van der Waals surface area contributed by atoms with Crippen molar-refractivity contribution in [3.05, 3.63) is 18.7 Å². The number of esters is 2. The van der Waals surface area contributed by atoms with Crippen molar-refractivity contribution in [2.75, 3.05) is 34.8 Å². The molecule has 3 N–H and O–H groups in total. The smallest absolute Gasteiger partial charge is 0.419 e. The Morgan fingerprint density at radius 1 is 0.984 bits per heavy atom. The molecule has 1 unspecified atom stereocenters. The summed E-state index contributed by atoms with van der Waals surface area (Å²) in [4.78, 5) is 48.0. The molecule has 0 aromatic carbocycles. The highest BCUT2D eigenvalue weighted by molar-refractivity contribution is 5.73. The highest BCUT2D eigenvalue weighted by Gasteiger charge is 2.54. The lowest BCUT2D eigenvalue weighted by Crippen LogP contribution is -2.61. The first-order valence-corrected chi connectivity index (χ1v) is 22.0. The molecular formula is C44H76N4O14. The zero-order chi connectivity index (χ0) is 46.6. The molecule has 3 fully saturated rings. The fourth-order valence-corrected chi connectivity index (χ4v) is 9.78. The number of nitrogens with zero attached hydrogens (tertiary/aromatic N) is 4. The standard InChI is InChI=1S/C44H76N4O14/c1-16-32-44(11,54)36(50)28(6)47(14)22-24(2)20-42(9,53)37(61-40-35(58-30(8)49)31(46(12)13)19-25(3)56-40)26(4)34(27(5)39(51)59-32)60-33-21-43(10,55-15)38(29(7)57-33)62-41(52)48-18-17-45-23-48/h17-18,23-29,31-38,40,50,53-54H,16,19-22H2,1-15H3/t24-,25-,26+,27-,28-,29+,31?,32-,33+,34+,35-,36-,37-,38+,40+,42-,43-,44-/m1/s1. The van der Waals surface area contributed by atoms with Gasteiger partial charge in [-0.05, 0) is 94.8 Å². The number of ether oxygens (including phenoxy) is 8. The average Bonchev–Trinajstić information content (AvgIpc) is 3.73. The number of carbonyl (C=O) groups is 3. The molecule has 0 bridgehead atoms. The number of hydrogen-bond donors (Lipinski definition) is 3. The Hall–Kier alpha value is -2.78. The number of aliphatic hydroxyl groups excluding tert-OH is 1. The van der Waals surface area contributed by atoms with Crippen LogP contribution in [-0.4, -0.2) is 178 Å². The molecule has 3 aliphatic heterocycles. The first kappa shape index (κ1) is 51.9. The van der Waals surface area contributed by atoms with Crippen LogP contribution in [-0.2, 0) is 47.5 Å². The van der Waals surface area contributed by atoms with Gasteiger partial charge in [-0.3, -0.25) is 9.59 Å². The first-order chi connectivity index (χ1) is 28.8. The van der Waals surface area contributed by atoms with Crippen molar-refractivity contribution in [2.45, 2.75) is 192 Å². The number of imidazole rings is 1. The van der Waals surface area contributed by atoms with Crippen molar-refractivity contribution in [3.63, 3.8) is 0 Å². The summed E-state index contributed by atoms with van der Waals surface area (Å²) in [6.45, 7) is 19.2. The lowest BCUT2D eigenvalue weighted by Gasteiger charge is -2.49. The quantitative estimate of drug-likeness (QED) is 0.240. The Bertz CT molecular complexity index is 1610. The van der Waals surface area contributed by atoms with Crippen LogP contribution >= 0.6 is 0 Å². The molecule has 0 saturated carbocycles. The minimum atomic E-state index is -1.85. The van der Waals surface area contributed by atoms with Crippen molar-refractivity contribution in [2.24, 2.45) is 17.8 Å². The van der Waals surface area contributed by atoms with E-state index >= 15 is 0 Å². The van der Waals surface area contributed by atoms with Crippen LogP contribution in [0.2, 0.25) is 0 Å². The van der Waals surface area contributed by atoms with Gasteiger partial charge in [-0.25, -0.2) is 14.3 Å². The van der Waals surface area contributed by atoms with Crippen LogP contribution in [0.3, 0.4) is 0 Å². The fraction of sp³-hybridized carbons (Fsp3) is 0.864. The molecule has 62 heavy (non-hydrogen) atoms. The monoisotopic (exact) mass is 885 g/mol. The summed E-state index contributed by atoms with van der Waals surface area (Å²) in [6.07, 6.45) is -5.22. The highest BCUT2D eigenvalue weighted by atomic mass is 16.7. The highest BCUT2D eigenvalue weighted by Crippen LogP contribution is 2.41. The van der Waals surface area contributed by atoms with Gasteiger partial charge in [-0.15, -0.1) is 0 Å². The number of hydrogen-bond acceptors (Lipinski definition) is 17. The average molecular weight is 885 g/mol. The summed E-state index contributed by atoms with van der Waals surface area (Å²) in [7, 11) is 7.09. The molecular weight excluding hydrogens is 808 g/mol. The Balaban J connectivity index is 1.84. The van der Waals surface area contributed by atoms with E-state index in [1.54, 1.807) is 48.5 Å². The molecule has 3 saturated heterocycles. The first-order valence-electron chi connectivity index (χ1n) is 22.0. The van der Waals surface area contributed by atoms with Crippen LogP contribution in [0.15, 0.2) is 18.7 Å². The number of cyclic esters (lactones) is 1. The van der Waals surface area contributed by atoms with Crippen LogP contribution in [0.25, 0.3) is 0 Å². The van der Waals surface area contributed by atoms with E-state index in [0.717, 1.165) is 0 Å². The minimum absolute atomic E-state index is 0.0463. The summed E-state index contributed by atoms with van der Waals surface area (Å²) in [5.74, 6) is -3.39. The summed E-state index contributed by atoms with van der Waals surface area (Å²) >= 11 is 0. The van der Waals surface area contributed by atoms with Crippen molar-refractivity contribution in [3.8, 4) is 0 Å². The van der Waals surface area contributed by atoms with E-state index < -0.39 is 108 Å². The Kier molecular flexibility index (Phi) is 17.6.